The van der Waals surface area contributed by atoms with E-state index in [0.29, 0.717) is 29.5 Å². The van der Waals surface area contributed by atoms with Crippen molar-refractivity contribution in [3.05, 3.63) is 41.6 Å². The number of aromatic nitrogens is 2. The average molecular weight is 232 g/mol. The Morgan fingerprint density at radius 1 is 1.24 bits per heavy atom. The number of nitrogens with zero attached hydrogens (tertiary/aromatic N) is 2. The van der Waals surface area contributed by atoms with E-state index in [4.69, 9.17) is 9.15 Å². The van der Waals surface area contributed by atoms with Gasteiger partial charge in [-0.25, -0.2) is 0 Å². The molecule has 0 aliphatic heterocycles. The number of hydrogen-bond acceptors (Lipinski definition) is 5. The molecule has 0 saturated heterocycles. The van der Waals surface area contributed by atoms with Crippen LogP contribution in [0.15, 0.2) is 28.7 Å². The number of carbonyl (C=O) groups is 1. The minimum absolute atomic E-state index is 0.230. The van der Waals surface area contributed by atoms with Gasteiger partial charge < -0.3 is 9.15 Å². The molecule has 0 unspecified atom stereocenters. The quantitative estimate of drug-likeness (QED) is 0.738. The van der Waals surface area contributed by atoms with Crippen LogP contribution in [-0.2, 0) is 13.0 Å². The largest absolute Gasteiger partial charge is 0.484 e. The van der Waals surface area contributed by atoms with Gasteiger partial charge >= 0.3 is 0 Å². The predicted molar refractivity (Wildman–Crippen MR) is 59.8 cm³/mol. The Balaban J connectivity index is 1.94. The molecule has 0 saturated carbocycles. The Hall–Kier alpha value is -2.17. The molecule has 1 aromatic heterocycles. The highest BCUT2D eigenvalue weighted by atomic mass is 16.5. The van der Waals surface area contributed by atoms with Crippen molar-refractivity contribution in [3.8, 4) is 5.75 Å². The summed E-state index contributed by atoms with van der Waals surface area (Å²) >= 11 is 0. The second kappa shape index (κ2) is 5.25. The first-order valence-corrected chi connectivity index (χ1v) is 5.31. The average Bonchev–Trinajstić information content (AvgIpc) is 2.85. The number of aryl methyl sites for hydroxylation is 1. The van der Waals surface area contributed by atoms with Crippen LogP contribution in [0.4, 0.5) is 0 Å². The molecule has 0 aliphatic rings. The summed E-state index contributed by atoms with van der Waals surface area (Å²) in [6.07, 6.45) is 1.50. The molecule has 2 rings (SSSR count). The molecule has 0 N–H and O–H groups in total. The number of benzene rings is 1. The minimum Gasteiger partial charge on any atom is -0.484 e. The molecule has 17 heavy (non-hydrogen) atoms. The zero-order chi connectivity index (χ0) is 12.1. The van der Waals surface area contributed by atoms with Crippen molar-refractivity contribution in [1.29, 1.82) is 0 Å². The molecule has 0 aliphatic carbocycles. The summed E-state index contributed by atoms with van der Waals surface area (Å²) in [5.41, 5.74) is 0.614. The molecule has 0 radical (unpaired) electrons. The summed E-state index contributed by atoms with van der Waals surface area (Å²) in [4.78, 5) is 10.5. The number of ether oxygens (including phenoxy) is 1. The van der Waals surface area contributed by atoms with Gasteiger partial charge in [0.15, 0.2) is 6.61 Å². The van der Waals surface area contributed by atoms with Crippen molar-refractivity contribution in [2.24, 2.45) is 0 Å². The lowest BCUT2D eigenvalue weighted by atomic mass is 10.2. The molecule has 0 bridgehead atoms. The first-order valence-electron chi connectivity index (χ1n) is 5.31. The van der Waals surface area contributed by atoms with Crippen LogP contribution in [0, 0.1) is 0 Å². The van der Waals surface area contributed by atoms with Gasteiger partial charge in [0, 0.05) is 12.0 Å². The lowest BCUT2D eigenvalue weighted by Gasteiger charge is -2.02. The Bertz CT molecular complexity index is 491. The van der Waals surface area contributed by atoms with Crippen molar-refractivity contribution in [2.45, 2.75) is 20.0 Å². The molecular weight excluding hydrogens is 220 g/mol. The van der Waals surface area contributed by atoms with E-state index >= 15 is 0 Å². The third-order valence-electron chi connectivity index (χ3n) is 2.19. The van der Waals surface area contributed by atoms with Gasteiger partial charge in [-0.3, -0.25) is 4.79 Å². The maximum atomic E-state index is 10.5. The molecule has 5 nitrogen and oxygen atoms in total. The summed E-state index contributed by atoms with van der Waals surface area (Å²) in [6.45, 7) is 2.17. The van der Waals surface area contributed by atoms with Gasteiger partial charge in [-0.15, -0.1) is 10.2 Å². The fourth-order valence-electron chi connectivity index (χ4n) is 1.28. The zero-order valence-corrected chi connectivity index (χ0v) is 9.42. The first kappa shape index (κ1) is 11.3. The molecule has 0 atom stereocenters. The topological polar surface area (TPSA) is 65.2 Å². The van der Waals surface area contributed by atoms with Gasteiger partial charge in [0.05, 0.1) is 0 Å². The van der Waals surface area contributed by atoms with Crippen LogP contribution in [0.1, 0.15) is 29.1 Å². The van der Waals surface area contributed by atoms with E-state index in [1.54, 1.807) is 24.3 Å². The predicted octanol–water partition coefficient (Wildman–Crippen LogP) is 2.02. The Morgan fingerprint density at radius 3 is 2.53 bits per heavy atom. The number of aldehydes is 1. The highest BCUT2D eigenvalue weighted by Crippen LogP contribution is 2.13. The summed E-state index contributed by atoms with van der Waals surface area (Å²) in [6, 6.07) is 6.82. The summed E-state index contributed by atoms with van der Waals surface area (Å²) in [5, 5.41) is 7.67. The van der Waals surface area contributed by atoms with E-state index in [9.17, 15) is 4.79 Å². The fourth-order valence-corrected chi connectivity index (χ4v) is 1.28. The normalized spacial score (nSPS) is 10.2. The third-order valence-corrected chi connectivity index (χ3v) is 2.19. The van der Waals surface area contributed by atoms with Crippen molar-refractivity contribution >= 4 is 6.29 Å². The van der Waals surface area contributed by atoms with Gasteiger partial charge in [-0.05, 0) is 24.3 Å². The van der Waals surface area contributed by atoms with Gasteiger partial charge in [0.25, 0.3) is 5.89 Å². The maximum Gasteiger partial charge on any atom is 0.253 e. The summed E-state index contributed by atoms with van der Waals surface area (Å²) in [7, 11) is 0. The molecule has 0 spiro atoms. The van der Waals surface area contributed by atoms with E-state index in [2.05, 4.69) is 10.2 Å². The van der Waals surface area contributed by atoms with Gasteiger partial charge in [-0.2, -0.15) is 0 Å². The van der Waals surface area contributed by atoms with Gasteiger partial charge in [-0.1, -0.05) is 6.92 Å². The van der Waals surface area contributed by atoms with E-state index in [-0.39, 0.29) is 6.61 Å². The van der Waals surface area contributed by atoms with Crippen LogP contribution in [0.25, 0.3) is 0 Å². The van der Waals surface area contributed by atoms with E-state index in [0.717, 1.165) is 6.29 Å². The van der Waals surface area contributed by atoms with Crippen LogP contribution in [0.2, 0.25) is 0 Å². The second-order valence-electron chi connectivity index (χ2n) is 3.42. The Morgan fingerprint density at radius 2 is 1.94 bits per heavy atom. The molecular formula is C12H12N2O3. The lowest BCUT2D eigenvalue weighted by molar-refractivity contribution is 0.112. The molecule has 88 valence electrons. The van der Waals surface area contributed by atoms with Gasteiger partial charge in [0.2, 0.25) is 5.89 Å². The minimum atomic E-state index is 0.230. The van der Waals surface area contributed by atoms with Crippen LogP contribution < -0.4 is 4.74 Å². The Kier molecular flexibility index (Phi) is 3.49. The van der Waals surface area contributed by atoms with E-state index in [1.165, 1.54) is 0 Å². The van der Waals surface area contributed by atoms with Crippen molar-refractivity contribution in [2.75, 3.05) is 0 Å². The number of carbonyl (C=O) groups excluding carboxylic acids is 1. The Labute approximate surface area is 98.4 Å². The molecule has 0 fully saturated rings. The van der Waals surface area contributed by atoms with Crippen LogP contribution in [-0.4, -0.2) is 16.5 Å². The maximum absolute atomic E-state index is 10.5. The second-order valence-corrected chi connectivity index (χ2v) is 3.42. The fraction of sp³-hybridized carbons (Fsp3) is 0.250. The number of hydrogen-bond donors (Lipinski definition) is 0. The highest BCUT2D eigenvalue weighted by Gasteiger charge is 2.04. The molecule has 1 heterocycles. The molecule has 1 aromatic carbocycles. The van der Waals surface area contributed by atoms with Crippen molar-refractivity contribution in [1.82, 2.24) is 10.2 Å². The van der Waals surface area contributed by atoms with Crippen molar-refractivity contribution < 1.29 is 13.9 Å². The molecule has 5 heteroatoms. The van der Waals surface area contributed by atoms with E-state index in [1.807, 2.05) is 6.92 Å². The standard InChI is InChI=1S/C12H12N2O3/c1-2-11-13-14-12(17-11)8-16-10-5-3-9(7-15)4-6-10/h3-7H,2,8H2,1H3. The summed E-state index contributed by atoms with van der Waals surface area (Å²) in [5.74, 6) is 1.70. The summed E-state index contributed by atoms with van der Waals surface area (Å²) < 4.78 is 10.7. The van der Waals surface area contributed by atoms with Crippen LogP contribution in [0.5, 0.6) is 5.75 Å². The van der Waals surface area contributed by atoms with Gasteiger partial charge in [0.1, 0.15) is 12.0 Å². The first-order chi connectivity index (χ1) is 8.31. The van der Waals surface area contributed by atoms with E-state index < -0.39 is 0 Å². The zero-order valence-electron chi connectivity index (χ0n) is 9.42. The van der Waals surface area contributed by atoms with Crippen molar-refractivity contribution in [3.63, 3.8) is 0 Å². The SMILES string of the molecule is CCc1nnc(COc2ccc(C=O)cc2)o1. The smallest absolute Gasteiger partial charge is 0.253 e. The van der Waals surface area contributed by atoms with Crippen LogP contribution in [0.3, 0.4) is 0 Å². The van der Waals surface area contributed by atoms with Crippen LogP contribution >= 0.6 is 0 Å². The number of rotatable bonds is 5. The third kappa shape index (κ3) is 2.90. The lowest BCUT2D eigenvalue weighted by Crippen LogP contribution is -1.95. The molecule has 2 aromatic rings. The molecule has 0 amide bonds. The highest BCUT2D eigenvalue weighted by molar-refractivity contribution is 5.74. The monoisotopic (exact) mass is 232 g/mol.